The third-order valence-electron chi connectivity index (χ3n) is 3.49. The van der Waals surface area contributed by atoms with Crippen molar-refractivity contribution in [3.05, 3.63) is 63.6 Å². The summed E-state index contributed by atoms with van der Waals surface area (Å²) in [4.78, 5) is 13.9. The van der Waals surface area contributed by atoms with Gasteiger partial charge in [0.2, 0.25) is 0 Å². The van der Waals surface area contributed by atoms with E-state index >= 15 is 0 Å². The number of rotatable bonds is 1. The first-order valence-electron chi connectivity index (χ1n) is 6.62. The maximum atomic E-state index is 12.2. The monoisotopic (exact) mass is 321 g/mol. The Labute approximate surface area is 133 Å². The van der Waals surface area contributed by atoms with Crippen molar-refractivity contribution in [2.45, 2.75) is 13.0 Å². The molecule has 0 aromatic heterocycles. The topological polar surface area (TPSA) is 29.5 Å². The van der Waals surface area contributed by atoms with Gasteiger partial charge in [-0.15, -0.1) is 0 Å². The summed E-state index contributed by atoms with van der Waals surface area (Å²) in [5.74, 6) is 0.397. The quantitative estimate of drug-likeness (QED) is 0.771. The van der Waals surface area contributed by atoms with E-state index in [0.29, 0.717) is 28.9 Å². The van der Waals surface area contributed by atoms with E-state index in [1.54, 1.807) is 23.1 Å². The third-order valence-corrected chi connectivity index (χ3v) is 4.22. The minimum Gasteiger partial charge on any atom is -0.410 e. The molecular formula is C16H13Cl2NO2. The van der Waals surface area contributed by atoms with Crippen LogP contribution in [0.2, 0.25) is 10.0 Å². The molecule has 1 heterocycles. The van der Waals surface area contributed by atoms with E-state index in [4.69, 9.17) is 27.9 Å². The Morgan fingerprint density at radius 2 is 1.81 bits per heavy atom. The molecule has 21 heavy (non-hydrogen) atoms. The molecule has 1 amide bonds. The van der Waals surface area contributed by atoms with E-state index in [0.717, 1.165) is 12.0 Å². The van der Waals surface area contributed by atoms with Crippen molar-refractivity contribution in [1.82, 2.24) is 4.90 Å². The van der Waals surface area contributed by atoms with Crippen molar-refractivity contribution in [3.8, 4) is 5.75 Å². The molecule has 0 fully saturated rings. The summed E-state index contributed by atoms with van der Waals surface area (Å²) in [7, 11) is 0. The minimum atomic E-state index is -0.372. The summed E-state index contributed by atoms with van der Waals surface area (Å²) < 4.78 is 5.35. The molecule has 0 atom stereocenters. The molecule has 1 aliphatic heterocycles. The first-order chi connectivity index (χ1) is 10.1. The van der Waals surface area contributed by atoms with Gasteiger partial charge in [-0.3, -0.25) is 0 Å². The average Bonchev–Trinajstić information content (AvgIpc) is 2.50. The number of carbonyl (C=O) groups is 1. The molecule has 0 aliphatic carbocycles. The van der Waals surface area contributed by atoms with Crippen molar-refractivity contribution in [1.29, 1.82) is 0 Å². The number of fused-ring (bicyclic) bond motifs is 1. The first kappa shape index (κ1) is 14.2. The number of nitrogens with zero attached hydrogens (tertiary/aromatic N) is 1. The van der Waals surface area contributed by atoms with Crippen LogP contribution in [0.15, 0.2) is 42.5 Å². The first-order valence-corrected chi connectivity index (χ1v) is 7.37. The molecule has 5 heteroatoms. The van der Waals surface area contributed by atoms with Gasteiger partial charge in [0.1, 0.15) is 5.75 Å². The molecule has 0 bridgehead atoms. The fourth-order valence-corrected chi connectivity index (χ4v) is 2.65. The van der Waals surface area contributed by atoms with Gasteiger partial charge >= 0.3 is 6.09 Å². The van der Waals surface area contributed by atoms with Gasteiger partial charge in [-0.1, -0.05) is 47.5 Å². The summed E-state index contributed by atoms with van der Waals surface area (Å²) in [6.07, 6.45) is 0.468. The summed E-state index contributed by atoms with van der Waals surface area (Å²) >= 11 is 11.8. The number of amides is 1. The van der Waals surface area contributed by atoms with Gasteiger partial charge in [0.15, 0.2) is 0 Å². The zero-order valence-electron chi connectivity index (χ0n) is 11.2. The Bertz CT molecular complexity index is 688. The Morgan fingerprint density at radius 1 is 1.05 bits per heavy atom. The van der Waals surface area contributed by atoms with Gasteiger partial charge in [-0.05, 0) is 29.7 Å². The Hall–Kier alpha value is -1.71. The van der Waals surface area contributed by atoms with Crippen molar-refractivity contribution in [2.24, 2.45) is 0 Å². The molecular weight excluding hydrogens is 309 g/mol. The van der Waals surface area contributed by atoms with E-state index in [1.807, 2.05) is 18.2 Å². The van der Waals surface area contributed by atoms with Gasteiger partial charge in [0, 0.05) is 19.2 Å². The molecule has 0 unspecified atom stereocenters. The molecule has 2 aromatic carbocycles. The zero-order valence-corrected chi connectivity index (χ0v) is 12.7. The van der Waals surface area contributed by atoms with Crippen molar-refractivity contribution >= 4 is 29.3 Å². The van der Waals surface area contributed by atoms with Crippen molar-refractivity contribution in [2.75, 3.05) is 6.54 Å². The third kappa shape index (κ3) is 3.14. The fraction of sp³-hybridized carbons (Fsp3) is 0.188. The molecule has 3 rings (SSSR count). The van der Waals surface area contributed by atoms with Crippen LogP contribution >= 0.6 is 23.2 Å². The predicted molar refractivity (Wildman–Crippen MR) is 83.0 cm³/mol. The number of hydrogen-bond donors (Lipinski definition) is 0. The van der Waals surface area contributed by atoms with Crippen molar-refractivity contribution in [3.63, 3.8) is 0 Å². The standard InChI is InChI=1S/C16H13Cl2NO2/c17-14-6-5-13(9-15(14)18)21-16(20)19-8-7-11-3-1-2-4-12(11)10-19/h1-6,9H,7-8,10H2. The van der Waals surface area contributed by atoms with E-state index in [2.05, 4.69) is 6.07 Å². The van der Waals surface area contributed by atoms with Crippen LogP contribution in [0.5, 0.6) is 5.75 Å². The lowest BCUT2D eigenvalue weighted by Crippen LogP contribution is -2.37. The lowest BCUT2D eigenvalue weighted by molar-refractivity contribution is 0.147. The maximum Gasteiger partial charge on any atom is 0.415 e. The van der Waals surface area contributed by atoms with E-state index in [9.17, 15) is 4.79 Å². The molecule has 0 saturated heterocycles. The second-order valence-electron chi connectivity index (χ2n) is 4.88. The minimum absolute atomic E-state index is 0.367. The Morgan fingerprint density at radius 3 is 2.57 bits per heavy atom. The Kier molecular flexibility index (Phi) is 4.04. The average molecular weight is 322 g/mol. The summed E-state index contributed by atoms with van der Waals surface area (Å²) in [5, 5.41) is 0.800. The molecule has 3 nitrogen and oxygen atoms in total. The van der Waals surface area contributed by atoms with E-state index < -0.39 is 0 Å². The van der Waals surface area contributed by atoms with Crippen LogP contribution < -0.4 is 4.74 Å². The van der Waals surface area contributed by atoms with E-state index in [-0.39, 0.29) is 6.09 Å². The number of ether oxygens (including phenoxy) is 1. The van der Waals surface area contributed by atoms with Crippen LogP contribution in [0.25, 0.3) is 0 Å². The van der Waals surface area contributed by atoms with Crippen LogP contribution in [0.4, 0.5) is 4.79 Å². The van der Waals surface area contributed by atoms with Crippen LogP contribution in [0.3, 0.4) is 0 Å². The number of hydrogen-bond acceptors (Lipinski definition) is 2. The summed E-state index contributed by atoms with van der Waals surface area (Å²) in [6.45, 7) is 1.22. The normalized spacial score (nSPS) is 13.7. The van der Waals surface area contributed by atoms with Gasteiger partial charge in [-0.2, -0.15) is 0 Å². The predicted octanol–water partition coefficient (Wildman–Crippen LogP) is 4.55. The van der Waals surface area contributed by atoms with Gasteiger partial charge in [0.05, 0.1) is 10.0 Å². The molecule has 108 valence electrons. The molecule has 0 N–H and O–H groups in total. The van der Waals surface area contributed by atoms with Crippen LogP contribution in [-0.4, -0.2) is 17.5 Å². The van der Waals surface area contributed by atoms with Gasteiger partial charge in [-0.25, -0.2) is 4.79 Å². The highest BCUT2D eigenvalue weighted by molar-refractivity contribution is 6.42. The smallest absolute Gasteiger partial charge is 0.410 e. The van der Waals surface area contributed by atoms with Gasteiger partial charge < -0.3 is 9.64 Å². The molecule has 1 aliphatic rings. The summed E-state index contributed by atoms with van der Waals surface area (Å²) in [6, 6.07) is 12.9. The van der Waals surface area contributed by atoms with Gasteiger partial charge in [0.25, 0.3) is 0 Å². The highest BCUT2D eigenvalue weighted by Crippen LogP contribution is 2.27. The lowest BCUT2D eigenvalue weighted by Gasteiger charge is -2.28. The lowest BCUT2D eigenvalue weighted by atomic mass is 10.0. The number of benzene rings is 2. The van der Waals surface area contributed by atoms with Crippen molar-refractivity contribution < 1.29 is 9.53 Å². The second kappa shape index (κ2) is 5.96. The highest BCUT2D eigenvalue weighted by Gasteiger charge is 2.22. The number of carbonyl (C=O) groups excluding carboxylic acids is 1. The van der Waals surface area contributed by atoms with Crippen LogP contribution in [0.1, 0.15) is 11.1 Å². The maximum absolute atomic E-state index is 12.2. The molecule has 0 spiro atoms. The second-order valence-corrected chi connectivity index (χ2v) is 5.70. The molecule has 2 aromatic rings. The summed E-state index contributed by atoms with van der Waals surface area (Å²) in [5.41, 5.74) is 2.45. The largest absolute Gasteiger partial charge is 0.415 e. The van der Waals surface area contributed by atoms with Crippen LogP contribution in [0, 0.1) is 0 Å². The van der Waals surface area contributed by atoms with Crippen LogP contribution in [-0.2, 0) is 13.0 Å². The SMILES string of the molecule is O=C(Oc1ccc(Cl)c(Cl)c1)N1CCc2ccccc2C1. The fourth-order valence-electron chi connectivity index (χ4n) is 2.36. The highest BCUT2D eigenvalue weighted by atomic mass is 35.5. The van der Waals surface area contributed by atoms with E-state index in [1.165, 1.54) is 5.56 Å². The Balaban J connectivity index is 1.70. The zero-order chi connectivity index (χ0) is 14.8. The number of halogens is 2. The molecule has 0 saturated carbocycles. The molecule has 0 radical (unpaired) electrons.